The van der Waals surface area contributed by atoms with Crippen molar-refractivity contribution in [2.24, 2.45) is 0 Å². The summed E-state index contributed by atoms with van der Waals surface area (Å²) in [4.78, 5) is 13.0. The zero-order chi connectivity index (χ0) is 14.4. The summed E-state index contributed by atoms with van der Waals surface area (Å²) in [5.41, 5.74) is -0.0330. The van der Waals surface area contributed by atoms with Crippen molar-refractivity contribution in [1.29, 1.82) is 5.26 Å². The van der Waals surface area contributed by atoms with Crippen LogP contribution in [0.2, 0.25) is 0 Å². The summed E-state index contributed by atoms with van der Waals surface area (Å²) in [6, 6.07) is 11.8. The Morgan fingerprint density at radius 3 is 2.55 bits per heavy atom. The third-order valence-corrected chi connectivity index (χ3v) is 3.69. The first kappa shape index (κ1) is 14.5. The van der Waals surface area contributed by atoms with Crippen LogP contribution in [0.25, 0.3) is 0 Å². The third-order valence-electron chi connectivity index (χ3n) is 3.69. The molecule has 0 aromatic heterocycles. The maximum atomic E-state index is 10.9. The fourth-order valence-electron chi connectivity index (χ4n) is 2.62. The molecule has 5 nitrogen and oxygen atoms in total. The highest BCUT2D eigenvalue weighted by Crippen LogP contribution is 2.33. The Bertz CT molecular complexity index is 492. The fourth-order valence-corrected chi connectivity index (χ4v) is 2.62. The van der Waals surface area contributed by atoms with Crippen molar-refractivity contribution in [3.63, 3.8) is 0 Å². The van der Waals surface area contributed by atoms with Crippen molar-refractivity contribution in [3.05, 3.63) is 35.9 Å². The average Bonchev–Trinajstić information content (AvgIpc) is 2.50. The van der Waals surface area contributed by atoms with Gasteiger partial charge in [0.2, 0.25) is 0 Å². The maximum Gasteiger partial charge on any atom is 0.303 e. The molecule has 0 spiro atoms. The highest BCUT2D eigenvalue weighted by atomic mass is 16.5. The van der Waals surface area contributed by atoms with Crippen molar-refractivity contribution in [2.75, 3.05) is 26.3 Å². The Balaban J connectivity index is 2.34. The Labute approximate surface area is 118 Å². The Hall–Kier alpha value is -1.90. The van der Waals surface area contributed by atoms with Gasteiger partial charge in [-0.25, -0.2) is 0 Å². The molecule has 106 valence electrons. The van der Waals surface area contributed by atoms with Gasteiger partial charge >= 0.3 is 5.97 Å². The minimum atomic E-state index is -0.885. The van der Waals surface area contributed by atoms with Gasteiger partial charge in [-0.15, -0.1) is 0 Å². The lowest BCUT2D eigenvalue weighted by Crippen LogP contribution is -2.50. The second-order valence-corrected chi connectivity index (χ2v) is 4.83. The summed E-state index contributed by atoms with van der Waals surface area (Å²) in [5.74, 6) is -0.881. The molecule has 0 unspecified atom stereocenters. The van der Waals surface area contributed by atoms with Gasteiger partial charge in [-0.3, -0.25) is 9.69 Å². The number of ether oxygens (including phenoxy) is 1. The number of rotatable bonds is 5. The van der Waals surface area contributed by atoms with Gasteiger partial charge in [0.1, 0.15) is 5.54 Å². The van der Waals surface area contributed by atoms with E-state index in [1.807, 2.05) is 35.2 Å². The summed E-state index contributed by atoms with van der Waals surface area (Å²) in [6.45, 7) is 2.43. The number of carboxylic acid groups (broad SMARTS) is 1. The lowest BCUT2D eigenvalue weighted by Gasteiger charge is -2.41. The molecule has 1 saturated heterocycles. The van der Waals surface area contributed by atoms with Crippen molar-refractivity contribution in [1.82, 2.24) is 4.90 Å². The van der Waals surface area contributed by atoms with Crippen LogP contribution >= 0.6 is 0 Å². The van der Waals surface area contributed by atoms with E-state index in [0.717, 1.165) is 5.56 Å². The van der Waals surface area contributed by atoms with Gasteiger partial charge in [-0.05, 0) is 12.0 Å². The summed E-state index contributed by atoms with van der Waals surface area (Å²) in [7, 11) is 0. The van der Waals surface area contributed by atoms with E-state index >= 15 is 0 Å². The number of hydrogen-bond donors (Lipinski definition) is 1. The molecule has 0 radical (unpaired) electrons. The number of carbonyl (C=O) groups is 1. The van der Waals surface area contributed by atoms with E-state index < -0.39 is 11.5 Å². The normalized spacial score (nSPS) is 18.9. The summed E-state index contributed by atoms with van der Waals surface area (Å²) < 4.78 is 5.33. The molecular formula is C15H18N2O3. The Kier molecular flexibility index (Phi) is 4.72. The molecule has 0 aliphatic carbocycles. The number of benzene rings is 1. The number of nitrogens with zero attached hydrogens (tertiary/aromatic N) is 2. The standard InChI is InChI=1S/C15H18N2O3/c16-12-15(7-6-14(18)19,13-4-2-1-3-5-13)17-8-10-20-11-9-17/h1-5H,6-11H2,(H,18,19)/t15-/m0/s1. The average molecular weight is 274 g/mol. The number of morpholine rings is 1. The highest BCUT2D eigenvalue weighted by Gasteiger charge is 2.39. The topological polar surface area (TPSA) is 73.6 Å². The van der Waals surface area contributed by atoms with Crippen LogP contribution in [0, 0.1) is 11.3 Å². The molecule has 1 fully saturated rings. The number of aliphatic carboxylic acids is 1. The first-order valence-electron chi connectivity index (χ1n) is 6.70. The quantitative estimate of drug-likeness (QED) is 0.883. The van der Waals surface area contributed by atoms with Crippen LogP contribution in [0.5, 0.6) is 0 Å². The molecule has 1 aliphatic rings. The van der Waals surface area contributed by atoms with E-state index in [2.05, 4.69) is 6.07 Å². The second-order valence-electron chi connectivity index (χ2n) is 4.83. The molecule has 1 aromatic carbocycles. The molecular weight excluding hydrogens is 256 g/mol. The predicted molar refractivity (Wildman–Crippen MR) is 73.0 cm³/mol. The van der Waals surface area contributed by atoms with E-state index in [-0.39, 0.29) is 12.8 Å². The zero-order valence-electron chi connectivity index (χ0n) is 11.3. The summed E-state index contributed by atoms with van der Waals surface area (Å²) in [5, 5.41) is 18.7. The fraction of sp³-hybridized carbons (Fsp3) is 0.467. The van der Waals surface area contributed by atoms with E-state index in [1.165, 1.54) is 0 Å². The molecule has 0 amide bonds. The minimum Gasteiger partial charge on any atom is -0.481 e. The molecule has 1 aromatic rings. The first-order valence-corrected chi connectivity index (χ1v) is 6.70. The van der Waals surface area contributed by atoms with Crippen LogP contribution < -0.4 is 0 Å². The van der Waals surface area contributed by atoms with Crippen molar-refractivity contribution >= 4 is 5.97 Å². The second kappa shape index (κ2) is 6.51. The Morgan fingerprint density at radius 1 is 1.35 bits per heavy atom. The molecule has 1 atom stereocenters. The van der Waals surface area contributed by atoms with Gasteiger partial charge in [0.15, 0.2) is 0 Å². The van der Waals surface area contributed by atoms with Gasteiger partial charge in [0.25, 0.3) is 0 Å². The first-order chi connectivity index (χ1) is 9.69. The number of carboxylic acids is 1. The van der Waals surface area contributed by atoms with E-state index in [1.54, 1.807) is 0 Å². The van der Waals surface area contributed by atoms with Crippen LogP contribution in [-0.2, 0) is 15.1 Å². The summed E-state index contributed by atoms with van der Waals surface area (Å²) >= 11 is 0. The van der Waals surface area contributed by atoms with Gasteiger partial charge in [0.05, 0.1) is 19.3 Å². The molecule has 5 heteroatoms. The molecule has 1 aliphatic heterocycles. The lowest BCUT2D eigenvalue weighted by atomic mass is 9.84. The smallest absolute Gasteiger partial charge is 0.303 e. The van der Waals surface area contributed by atoms with Crippen LogP contribution in [0.3, 0.4) is 0 Å². The SMILES string of the molecule is N#C[C@@](CCC(=O)O)(c1ccccc1)N1CCOCC1. The largest absolute Gasteiger partial charge is 0.481 e. The van der Waals surface area contributed by atoms with Crippen molar-refractivity contribution in [3.8, 4) is 6.07 Å². The lowest BCUT2D eigenvalue weighted by molar-refractivity contribution is -0.137. The monoisotopic (exact) mass is 274 g/mol. The third kappa shape index (κ3) is 2.98. The molecule has 20 heavy (non-hydrogen) atoms. The number of nitriles is 1. The van der Waals surface area contributed by atoms with E-state index in [9.17, 15) is 10.1 Å². The molecule has 1 heterocycles. The molecule has 1 N–H and O–H groups in total. The van der Waals surface area contributed by atoms with E-state index in [4.69, 9.17) is 9.84 Å². The maximum absolute atomic E-state index is 10.9. The van der Waals surface area contributed by atoms with Crippen molar-refractivity contribution in [2.45, 2.75) is 18.4 Å². The van der Waals surface area contributed by atoms with E-state index in [0.29, 0.717) is 26.3 Å². The predicted octanol–water partition coefficient (Wildman–Crippen LogP) is 1.60. The highest BCUT2D eigenvalue weighted by molar-refractivity contribution is 5.67. The van der Waals surface area contributed by atoms with Gasteiger partial charge in [-0.1, -0.05) is 30.3 Å². The minimum absolute atomic E-state index is 0.0280. The molecule has 2 rings (SSSR count). The Morgan fingerprint density at radius 2 is 2.00 bits per heavy atom. The van der Waals surface area contributed by atoms with Crippen LogP contribution in [-0.4, -0.2) is 42.3 Å². The molecule has 0 saturated carbocycles. The van der Waals surface area contributed by atoms with Crippen molar-refractivity contribution < 1.29 is 14.6 Å². The van der Waals surface area contributed by atoms with Gasteiger partial charge in [0, 0.05) is 19.5 Å². The van der Waals surface area contributed by atoms with Crippen LogP contribution in [0.4, 0.5) is 0 Å². The van der Waals surface area contributed by atoms with Gasteiger partial charge < -0.3 is 9.84 Å². The van der Waals surface area contributed by atoms with Crippen LogP contribution in [0.1, 0.15) is 18.4 Å². The van der Waals surface area contributed by atoms with Gasteiger partial charge in [-0.2, -0.15) is 5.26 Å². The number of hydrogen-bond acceptors (Lipinski definition) is 4. The zero-order valence-corrected chi connectivity index (χ0v) is 11.3. The molecule has 0 bridgehead atoms. The summed E-state index contributed by atoms with van der Waals surface area (Å²) in [6.07, 6.45) is 0.253. The van der Waals surface area contributed by atoms with Crippen LogP contribution in [0.15, 0.2) is 30.3 Å².